The number of fused-ring (bicyclic) bond motifs is 12. The Bertz CT molecular complexity index is 5080. The van der Waals surface area contributed by atoms with Gasteiger partial charge in [-0.1, -0.05) is 201 Å². The predicted molar refractivity (Wildman–Crippen MR) is 404 cm³/mol. The molecule has 0 saturated heterocycles. The van der Waals surface area contributed by atoms with E-state index in [1.165, 1.54) is 109 Å². The summed E-state index contributed by atoms with van der Waals surface area (Å²) in [7, 11) is 0. The van der Waals surface area contributed by atoms with Gasteiger partial charge in [-0.15, -0.1) is 11.3 Å². The highest BCUT2D eigenvalue weighted by molar-refractivity contribution is 7.25. The summed E-state index contributed by atoms with van der Waals surface area (Å²) < 4.78 is 5.23. The molecule has 0 unspecified atom stereocenters. The number of rotatable bonds is 7. The molecule has 0 aliphatic carbocycles. The Hall–Kier alpha value is -9.30. The number of hydrogen-bond donors (Lipinski definition) is 0. The third kappa shape index (κ3) is 9.45. The molecule has 3 aliphatic heterocycles. The van der Waals surface area contributed by atoms with E-state index in [1.807, 2.05) is 11.3 Å². The Labute approximate surface area is 554 Å². The number of thiophene rings is 1. The average Bonchev–Trinajstić information content (AvgIpc) is 1.67. The van der Waals surface area contributed by atoms with Gasteiger partial charge in [0.1, 0.15) is 0 Å². The molecule has 0 atom stereocenters. The third-order valence-electron chi connectivity index (χ3n) is 20.2. The molecule has 460 valence electrons. The molecule has 16 rings (SSSR count). The highest BCUT2D eigenvalue weighted by atomic mass is 32.1. The fourth-order valence-corrected chi connectivity index (χ4v) is 16.1. The van der Waals surface area contributed by atoms with Crippen molar-refractivity contribution in [2.24, 2.45) is 0 Å². The van der Waals surface area contributed by atoms with Gasteiger partial charge in [0.25, 0.3) is 6.71 Å². The number of hydrogen-bond acceptors (Lipinski definition) is 5. The van der Waals surface area contributed by atoms with E-state index < -0.39 is 0 Å². The minimum absolute atomic E-state index is 0.00707. The van der Waals surface area contributed by atoms with Gasteiger partial charge in [0.15, 0.2) is 0 Å². The maximum Gasteiger partial charge on any atom is 0.252 e. The van der Waals surface area contributed by atoms with Gasteiger partial charge in [-0.05, 0) is 199 Å². The maximum atomic E-state index is 2.72. The summed E-state index contributed by atoms with van der Waals surface area (Å²) in [6.45, 7) is 35.0. The van der Waals surface area contributed by atoms with Gasteiger partial charge in [0.2, 0.25) is 0 Å². The van der Waals surface area contributed by atoms with E-state index in [4.69, 9.17) is 0 Å². The first-order valence-electron chi connectivity index (χ1n) is 33.3. The van der Waals surface area contributed by atoms with Crippen LogP contribution < -0.4 is 36.0 Å². The van der Waals surface area contributed by atoms with Crippen LogP contribution in [-0.4, -0.2) is 11.3 Å². The van der Waals surface area contributed by atoms with E-state index in [0.29, 0.717) is 0 Å². The van der Waals surface area contributed by atoms with Crippen molar-refractivity contribution in [1.82, 2.24) is 4.57 Å². The van der Waals surface area contributed by atoms with Gasteiger partial charge < -0.3 is 24.2 Å². The number of nitrogens with zero attached hydrogens (tertiary/aromatic N) is 5. The molecule has 5 nitrogen and oxygen atoms in total. The van der Waals surface area contributed by atoms with Crippen molar-refractivity contribution in [2.75, 3.05) is 19.6 Å². The molecule has 93 heavy (non-hydrogen) atoms. The fourth-order valence-electron chi connectivity index (χ4n) is 15.0. The number of benzene rings is 11. The van der Waals surface area contributed by atoms with Crippen LogP contribution in [0.25, 0.3) is 47.7 Å². The Morgan fingerprint density at radius 1 is 0.312 bits per heavy atom. The molecule has 0 saturated carbocycles. The molecule has 5 heterocycles. The molecule has 2 aromatic heterocycles. The topological polar surface area (TPSA) is 17.9 Å². The first kappa shape index (κ1) is 58.8. The molecule has 0 radical (unpaired) electrons. The molecule has 0 bridgehead atoms. The molecular formula is C86H82BN5S. The molecule has 0 N–H and O–H groups in total. The maximum absolute atomic E-state index is 2.72. The van der Waals surface area contributed by atoms with Crippen LogP contribution in [0, 0.1) is 0 Å². The van der Waals surface area contributed by atoms with Gasteiger partial charge in [-0.2, -0.15) is 0 Å². The SMILES string of the molecule is CC(C)(C)c1ccc(N(c2ccc(C(C)(C)C)cc2)c2ccc3c(c2)N(c2ccc4sc5ccccc5c4c2)c2cc(N(c4ccccc4)c4ccccc4)cc4c2B3c2cc(C(C)(C)C)cc3c2N4c2cc(C(C)(C)C)cc4c5cc(C(C)(C)C)ccc5n-3c24)cc1. The lowest BCUT2D eigenvalue weighted by molar-refractivity contribution is 0.590. The zero-order valence-electron chi connectivity index (χ0n) is 56.6. The van der Waals surface area contributed by atoms with Crippen LogP contribution in [-0.2, 0) is 27.1 Å². The van der Waals surface area contributed by atoms with Gasteiger partial charge in [0.05, 0.1) is 33.8 Å². The van der Waals surface area contributed by atoms with E-state index >= 15 is 0 Å². The number of aromatic nitrogens is 1. The second-order valence-electron chi connectivity index (χ2n) is 31.6. The first-order valence-corrected chi connectivity index (χ1v) is 34.2. The molecule has 11 aromatic carbocycles. The van der Waals surface area contributed by atoms with Crippen LogP contribution in [0.15, 0.2) is 224 Å². The van der Waals surface area contributed by atoms with Crippen molar-refractivity contribution in [3.8, 4) is 5.69 Å². The molecule has 3 aliphatic rings. The highest BCUT2D eigenvalue weighted by Crippen LogP contribution is 2.57. The smallest absolute Gasteiger partial charge is 0.252 e. The van der Waals surface area contributed by atoms with Crippen LogP contribution in [0.5, 0.6) is 0 Å². The number of anilines is 12. The van der Waals surface area contributed by atoms with Crippen LogP contribution in [0.2, 0.25) is 0 Å². The summed E-state index contributed by atoms with van der Waals surface area (Å²) in [6.07, 6.45) is 0. The third-order valence-corrected chi connectivity index (χ3v) is 21.3. The molecule has 0 fully saturated rings. The van der Waals surface area contributed by atoms with Crippen molar-refractivity contribution < 1.29 is 0 Å². The lowest BCUT2D eigenvalue weighted by atomic mass is 9.33. The van der Waals surface area contributed by atoms with Crippen molar-refractivity contribution in [3.05, 3.63) is 252 Å². The van der Waals surface area contributed by atoms with Gasteiger partial charge >= 0.3 is 0 Å². The molecule has 7 heteroatoms. The standard InChI is InChI=1S/C86H82BN5S/c1-82(2,3)53-30-35-60(36-31-53)88(61-37-32-54(33-38-61)83(4,5)6)63-39-41-69-72(50-63)90(62-40-43-78-67(49-62)65-28-22-23-29-77(65)93-78)73-51-64(89(58-24-18-16-19-25-58)59-26-20-17-21-27-59)52-74-79(73)87(69)70-46-57(86(13,14)15)48-76-81(70)92(74)75-47-56(85(10,11)12)45-68-66-44-55(84(7,8)9)34-42-71(66)91(76)80(68)75/h16-52H,1-15H3. The monoisotopic (exact) mass is 1230 g/mol. The lowest BCUT2D eigenvalue weighted by Crippen LogP contribution is -2.62. The predicted octanol–water partition coefficient (Wildman–Crippen LogP) is 23.0. The molecule has 0 amide bonds. The van der Waals surface area contributed by atoms with Gasteiger partial charge in [0, 0.05) is 82.1 Å². The van der Waals surface area contributed by atoms with E-state index in [0.717, 1.165) is 51.2 Å². The van der Waals surface area contributed by atoms with Crippen molar-refractivity contribution in [1.29, 1.82) is 0 Å². The molecule has 13 aromatic rings. The largest absolute Gasteiger partial charge is 0.311 e. The Morgan fingerprint density at radius 3 is 1.40 bits per heavy atom. The fraction of sp³-hybridized carbons (Fsp3) is 0.233. The van der Waals surface area contributed by atoms with E-state index in [-0.39, 0.29) is 33.8 Å². The second kappa shape index (κ2) is 20.6. The van der Waals surface area contributed by atoms with Crippen molar-refractivity contribution >= 4 is 145 Å². The Balaban J connectivity index is 1.07. The number of para-hydroxylation sites is 2. The summed E-state index contributed by atoms with van der Waals surface area (Å²) >= 11 is 1.88. The van der Waals surface area contributed by atoms with Gasteiger partial charge in [-0.3, -0.25) is 0 Å². The van der Waals surface area contributed by atoms with Crippen LogP contribution in [0.3, 0.4) is 0 Å². The minimum Gasteiger partial charge on any atom is -0.311 e. The zero-order chi connectivity index (χ0) is 64.6. The van der Waals surface area contributed by atoms with E-state index in [2.05, 4.69) is 352 Å². The van der Waals surface area contributed by atoms with Gasteiger partial charge in [-0.25, -0.2) is 0 Å². The molecular weight excluding hydrogens is 1150 g/mol. The van der Waals surface area contributed by atoms with Crippen LogP contribution in [0.4, 0.5) is 68.2 Å². The highest BCUT2D eigenvalue weighted by Gasteiger charge is 2.48. The normalized spacial score (nSPS) is 13.7. The van der Waals surface area contributed by atoms with Crippen LogP contribution in [0.1, 0.15) is 132 Å². The summed E-state index contributed by atoms with van der Waals surface area (Å²) in [5.74, 6) is 0. The average molecular weight is 1230 g/mol. The zero-order valence-corrected chi connectivity index (χ0v) is 57.4. The van der Waals surface area contributed by atoms with Crippen molar-refractivity contribution in [2.45, 2.75) is 131 Å². The quantitative estimate of drug-likeness (QED) is 0.148. The van der Waals surface area contributed by atoms with Crippen LogP contribution >= 0.6 is 11.3 Å². The summed E-state index contributed by atoms with van der Waals surface area (Å²) in [6, 6.07) is 86.9. The summed E-state index contributed by atoms with van der Waals surface area (Å²) in [4.78, 5) is 10.3. The van der Waals surface area contributed by atoms with E-state index in [9.17, 15) is 0 Å². The molecule has 0 spiro atoms. The van der Waals surface area contributed by atoms with E-state index in [1.54, 1.807) is 0 Å². The Kier molecular flexibility index (Phi) is 13.0. The van der Waals surface area contributed by atoms with Crippen molar-refractivity contribution in [3.63, 3.8) is 0 Å². The minimum atomic E-state index is -0.190. The Morgan fingerprint density at radius 2 is 0.796 bits per heavy atom. The second-order valence-corrected chi connectivity index (χ2v) is 32.7. The summed E-state index contributed by atoms with van der Waals surface area (Å²) in [5.41, 5.74) is 27.3. The lowest BCUT2D eigenvalue weighted by Gasteiger charge is -2.47. The first-order chi connectivity index (χ1) is 44.3. The summed E-state index contributed by atoms with van der Waals surface area (Å²) in [5, 5.41) is 5.12.